The number of hydrogen-bond donors (Lipinski definition) is 3. The van der Waals surface area contributed by atoms with E-state index in [9.17, 15) is 0 Å². The fraction of sp³-hybridized carbons (Fsp3) is 0.333. The molecule has 1 aromatic heterocycles. The lowest BCUT2D eigenvalue weighted by Gasteiger charge is -2.09. The summed E-state index contributed by atoms with van der Waals surface area (Å²) >= 11 is 3.48. The molecule has 1 heterocycles. The third-order valence-corrected chi connectivity index (χ3v) is 3.29. The Bertz CT molecular complexity index is 478. The second kappa shape index (κ2) is 4.99. The van der Waals surface area contributed by atoms with Crippen LogP contribution in [0, 0.1) is 0 Å². The lowest BCUT2D eigenvalue weighted by Crippen LogP contribution is -2.12. The maximum absolute atomic E-state index is 6.15. The molecule has 0 aliphatic carbocycles. The summed E-state index contributed by atoms with van der Waals surface area (Å²) in [7, 11) is 0. The van der Waals surface area contributed by atoms with E-state index < -0.39 is 0 Å². The van der Waals surface area contributed by atoms with Gasteiger partial charge in [-0.1, -0.05) is 15.9 Å². The lowest BCUT2D eigenvalue weighted by atomic mass is 10.0. The Morgan fingerprint density at radius 2 is 2.19 bits per heavy atom. The van der Waals surface area contributed by atoms with Gasteiger partial charge >= 0.3 is 0 Å². The van der Waals surface area contributed by atoms with Crippen molar-refractivity contribution in [2.75, 3.05) is 6.54 Å². The molecule has 0 aliphatic heterocycles. The van der Waals surface area contributed by atoms with Crippen molar-refractivity contribution in [1.29, 1.82) is 0 Å². The van der Waals surface area contributed by atoms with Crippen molar-refractivity contribution in [3.63, 3.8) is 0 Å². The number of H-pyrrole nitrogens is 1. The van der Waals surface area contributed by atoms with Crippen LogP contribution >= 0.6 is 15.9 Å². The number of halogens is 1. The van der Waals surface area contributed by atoms with Crippen molar-refractivity contribution < 1.29 is 0 Å². The van der Waals surface area contributed by atoms with Crippen LogP contribution in [-0.4, -0.2) is 11.5 Å². The largest absolute Gasteiger partial charge is 0.361 e. The molecular weight excluding hydrogens is 266 g/mol. The summed E-state index contributed by atoms with van der Waals surface area (Å²) in [4.78, 5) is 3.24. The Kier molecular flexibility index (Phi) is 3.63. The Balaban J connectivity index is 2.33. The van der Waals surface area contributed by atoms with Crippen LogP contribution in [0.3, 0.4) is 0 Å². The second-order valence-electron chi connectivity index (χ2n) is 3.97. The highest BCUT2D eigenvalue weighted by Crippen LogP contribution is 2.27. The third kappa shape index (κ3) is 2.29. The molecule has 4 heteroatoms. The summed E-state index contributed by atoms with van der Waals surface area (Å²) in [6.07, 6.45) is 3.89. The third-order valence-electron chi connectivity index (χ3n) is 2.79. The van der Waals surface area contributed by atoms with Crippen LogP contribution in [-0.2, 0) is 0 Å². The molecule has 0 saturated heterocycles. The SMILES string of the molecule is NCCC[C@@H](N)c1c[nH]c2ccc(Br)cc12. The first kappa shape index (κ1) is 11.6. The molecule has 3 nitrogen and oxygen atoms in total. The number of benzene rings is 1. The monoisotopic (exact) mass is 281 g/mol. The van der Waals surface area contributed by atoms with Gasteiger partial charge in [-0.3, -0.25) is 0 Å². The maximum atomic E-state index is 6.15. The molecule has 2 aromatic rings. The van der Waals surface area contributed by atoms with Crippen LogP contribution in [0.1, 0.15) is 24.4 Å². The van der Waals surface area contributed by atoms with Crippen molar-refractivity contribution in [2.24, 2.45) is 11.5 Å². The molecule has 16 heavy (non-hydrogen) atoms. The first-order valence-electron chi connectivity index (χ1n) is 5.44. The molecule has 0 fully saturated rings. The summed E-state index contributed by atoms with van der Waals surface area (Å²) in [6.45, 7) is 0.694. The Labute approximate surface area is 103 Å². The van der Waals surface area contributed by atoms with Gasteiger partial charge in [-0.05, 0) is 43.1 Å². The van der Waals surface area contributed by atoms with E-state index >= 15 is 0 Å². The Hall–Kier alpha value is -0.840. The van der Waals surface area contributed by atoms with Crippen LogP contribution < -0.4 is 11.5 Å². The highest BCUT2D eigenvalue weighted by Gasteiger charge is 2.11. The summed E-state index contributed by atoms with van der Waals surface area (Å²) in [6, 6.07) is 6.24. The summed E-state index contributed by atoms with van der Waals surface area (Å²) < 4.78 is 1.08. The first-order chi connectivity index (χ1) is 7.72. The molecule has 86 valence electrons. The Morgan fingerprint density at radius 1 is 1.38 bits per heavy atom. The molecule has 0 spiro atoms. The number of rotatable bonds is 4. The van der Waals surface area contributed by atoms with Gasteiger partial charge < -0.3 is 16.5 Å². The van der Waals surface area contributed by atoms with Gasteiger partial charge in [0.25, 0.3) is 0 Å². The summed E-state index contributed by atoms with van der Waals surface area (Å²) in [5, 5.41) is 1.19. The van der Waals surface area contributed by atoms with Gasteiger partial charge in [0.1, 0.15) is 0 Å². The molecule has 0 aliphatic rings. The summed E-state index contributed by atoms with van der Waals surface area (Å²) in [5.74, 6) is 0. The highest BCUT2D eigenvalue weighted by atomic mass is 79.9. The predicted octanol–water partition coefficient (Wildman–Crippen LogP) is 2.67. The van der Waals surface area contributed by atoms with Crippen molar-refractivity contribution >= 4 is 26.8 Å². The fourth-order valence-electron chi connectivity index (χ4n) is 1.91. The van der Waals surface area contributed by atoms with E-state index in [1.165, 1.54) is 10.9 Å². The molecule has 1 atom stereocenters. The van der Waals surface area contributed by atoms with Gasteiger partial charge in [-0.2, -0.15) is 0 Å². The zero-order chi connectivity index (χ0) is 11.5. The van der Waals surface area contributed by atoms with E-state index in [2.05, 4.69) is 33.0 Å². The zero-order valence-electron chi connectivity index (χ0n) is 9.04. The standard InChI is InChI=1S/C12H16BrN3/c13-8-3-4-12-9(6-8)10(7-16-12)11(15)2-1-5-14/h3-4,6-7,11,16H,1-2,5,14-15H2/t11-/m1/s1. The maximum Gasteiger partial charge on any atom is 0.0458 e. The number of hydrogen-bond acceptors (Lipinski definition) is 2. The van der Waals surface area contributed by atoms with Crippen LogP contribution in [0.25, 0.3) is 10.9 Å². The molecule has 0 saturated carbocycles. The first-order valence-corrected chi connectivity index (χ1v) is 6.24. The van der Waals surface area contributed by atoms with Crippen LogP contribution in [0.15, 0.2) is 28.9 Å². The average Bonchev–Trinajstić information content (AvgIpc) is 2.68. The van der Waals surface area contributed by atoms with Gasteiger partial charge in [0.05, 0.1) is 0 Å². The number of aromatic nitrogens is 1. The highest BCUT2D eigenvalue weighted by molar-refractivity contribution is 9.10. The van der Waals surface area contributed by atoms with Crippen molar-refractivity contribution in [3.05, 3.63) is 34.4 Å². The minimum Gasteiger partial charge on any atom is -0.361 e. The van der Waals surface area contributed by atoms with Crippen molar-refractivity contribution in [1.82, 2.24) is 4.98 Å². The smallest absolute Gasteiger partial charge is 0.0458 e. The normalized spacial score (nSPS) is 13.2. The minimum absolute atomic E-state index is 0.0617. The van der Waals surface area contributed by atoms with Crippen molar-refractivity contribution in [3.8, 4) is 0 Å². The fourth-order valence-corrected chi connectivity index (χ4v) is 2.28. The molecule has 0 radical (unpaired) electrons. The van der Waals surface area contributed by atoms with E-state index in [-0.39, 0.29) is 6.04 Å². The molecule has 1 aromatic carbocycles. The summed E-state index contributed by atoms with van der Waals surface area (Å²) in [5.41, 5.74) is 13.9. The lowest BCUT2D eigenvalue weighted by molar-refractivity contribution is 0.621. The predicted molar refractivity (Wildman–Crippen MR) is 71.2 cm³/mol. The molecule has 0 amide bonds. The molecule has 5 N–H and O–H groups in total. The van der Waals surface area contributed by atoms with Crippen LogP contribution in [0.4, 0.5) is 0 Å². The number of nitrogens with one attached hydrogen (secondary N) is 1. The second-order valence-corrected chi connectivity index (χ2v) is 4.89. The van der Waals surface area contributed by atoms with Crippen LogP contribution in [0.5, 0.6) is 0 Å². The molecule has 2 rings (SSSR count). The zero-order valence-corrected chi connectivity index (χ0v) is 10.6. The van der Waals surface area contributed by atoms with E-state index in [4.69, 9.17) is 11.5 Å². The quantitative estimate of drug-likeness (QED) is 0.807. The van der Waals surface area contributed by atoms with Crippen molar-refractivity contribution in [2.45, 2.75) is 18.9 Å². The van der Waals surface area contributed by atoms with E-state index in [1.807, 2.05) is 12.3 Å². The molecule has 0 bridgehead atoms. The van der Waals surface area contributed by atoms with E-state index in [0.717, 1.165) is 22.8 Å². The van der Waals surface area contributed by atoms with E-state index in [0.29, 0.717) is 6.54 Å². The van der Waals surface area contributed by atoms with Gasteiger partial charge in [-0.15, -0.1) is 0 Å². The van der Waals surface area contributed by atoms with Gasteiger partial charge in [-0.25, -0.2) is 0 Å². The number of aromatic amines is 1. The van der Waals surface area contributed by atoms with E-state index in [1.54, 1.807) is 0 Å². The van der Waals surface area contributed by atoms with Gasteiger partial charge in [0.2, 0.25) is 0 Å². The van der Waals surface area contributed by atoms with Gasteiger partial charge in [0.15, 0.2) is 0 Å². The number of fused-ring (bicyclic) bond motifs is 1. The topological polar surface area (TPSA) is 67.8 Å². The van der Waals surface area contributed by atoms with Crippen LogP contribution in [0.2, 0.25) is 0 Å². The Morgan fingerprint density at radius 3 is 2.94 bits per heavy atom. The molecule has 0 unspecified atom stereocenters. The minimum atomic E-state index is 0.0617. The van der Waals surface area contributed by atoms with Gasteiger partial charge in [0, 0.05) is 27.6 Å². The average molecular weight is 282 g/mol. The molecular formula is C12H16BrN3. The number of nitrogens with two attached hydrogens (primary N) is 2.